The molecular weight excluding hydrogens is 290 g/mol. The first kappa shape index (κ1) is 13.6. The van der Waals surface area contributed by atoms with Crippen molar-refractivity contribution >= 4 is 27.5 Å². The van der Waals surface area contributed by atoms with Crippen LogP contribution in [0.5, 0.6) is 0 Å². The van der Waals surface area contributed by atoms with Gasteiger partial charge < -0.3 is 5.32 Å². The van der Waals surface area contributed by atoms with Crippen molar-refractivity contribution in [3.05, 3.63) is 29.8 Å². The van der Waals surface area contributed by atoms with Crippen molar-refractivity contribution in [2.45, 2.75) is 33.1 Å². The molecule has 2 nitrogen and oxygen atoms in total. The maximum absolute atomic E-state index is 12.0. The maximum Gasteiger partial charge on any atom is 0.228 e. The Hall–Kier alpha value is -0.830. The standard InChI is InChI=1S/C15H20BrNO/c1-15(2)10-13(15)14(18)17-12-7-3-5-11(9-12)6-4-8-16/h3,5,7,9,13H,4,6,8,10H2,1-2H3,(H,17,18). The fraction of sp³-hybridized carbons (Fsp3) is 0.533. The molecule has 1 amide bonds. The van der Waals surface area contributed by atoms with Crippen LogP contribution in [0.4, 0.5) is 5.69 Å². The maximum atomic E-state index is 12.0. The number of aryl methyl sites for hydroxylation is 1. The Balaban J connectivity index is 1.95. The van der Waals surface area contributed by atoms with Crippen LogP contribution in [0.2, 0.25) is 0 Å². The lowest BCUT2D eigenvalue weighted by molar-refractivity contribution is -0.117. The van der Waals surface area contributed by atoms with Gasteiger partial charge in [-0.1, -0.05) is 41.9 Å². The van der Waals surface area contributed by atoms with Crippen molar-refractivity contribution < 1.29 is 4.79 Å². The molecule has 0 bridgehead atoms. The average molecular weight is 310 g/mol. The van der Waals surface area contributed by atoms with Gasteiger partial charge in [-0.15, -0.1) is 0 Å². The summed E-state index contributed by atoms with van der Waals surface area (Å²) in [6.45, 7) is 4.29. The van der Waals surface area contributed by atoms with Crippen molar-refractivity contribution in [1.82, 2.24) is 0 Å². The summed E-state index contributed by atoms with van der Waals surface area (Å²) in [5.74, 6) is 0.348. The first-order chi connectivity index (χ1) is 8.53. The molecule has 1 saturated carbocycles. The number of rotatable bonds is 5. The molecule has 1 aliphatic carbocycles. The minimum Gasteiger partial charge on any atom is -0.326 e. The fourth-order valence-corrected chi connectivity index (χ4v) is 2.50. The molecule has 1 fully saturated rings. The highest BCUT2D eigenvalue weighted by Crippen LogP contribution is 2.51. The number of anilines is 1. The largest absolute Gasteiger partial charge is 0.326 e. The summed E-state index contributed by atoms with van der Waals surface area (Å²) < 4.78 is 0. The molecule has 0 saturated heterocycles. The van der Waals surface area contributed by atoms with Crippen molar-refractivity contribution in [3.63, 3.8) is 0 Å². The molecule has 0 aliphatic heterocycles. The Morgan fingerprint density at radius 1 is 1.50 bits per heavy atom. The minimum atomic E-state index is 0.164. The van der Waals surface area contributed by atoms with Crippen LogP contribution in [-0.2, 0) is 11.2 Å². The van der Waals surface area contributed by atoms with Gasteiger partial charge in [0.05, 0.1) is 0 Å². The van der Waals surface area contributed by atoms with E-state index >= 15 is 0 Å². The minimum absolute atomic E-state index is 0.164. The van der Waals surface area contributed by atoms with E-state index in [0.717, 1.165) is 30.3 Å². The molecule has 1 unspecified atom stereocenters. The summed E-state index contributed by atoms with van der Waals surface area (Å²) in [6, 6.07) is 8.16. The van der Waals surface area contributed by atoms with E-state index in [1.165, 1.54) is 5.56 Å². The molecule has 1 atom stereocenters. The van der Waals surface area contributed by atoms with Crippen LogP contribution in [0.25, 0.3) is 0 Å². The fourth-order valence-electron chi connectivity index (χ4n) is 2.22. The Labute approximate surface area is 117 Å². The van der Waals surface area contributed by atoms with Gasteiger partial charge in [-0.2, -0.15) is 0 Å². The summed E-state index contributed by atoms with van der Waals surface area (Å²) in [7, 11) is 0. The molecule has 3 heteroatoms. The molecule has 98 valence electrons. The summed E-state index contributed by atoms with van der Waals surface area (Å²) >= 11 is 3.44. The SMILES string of the molecule is CC1(C)CC1C(=O)Nc1cccc(CCCBr)c1. The van der Waals surface area contributed by atoms with Crippen molar-refractivity contribution in [1.29, 1.82) is 0 Å². The average Bonchev–Trinajstić information content (AvgIpc) is 2.96. The number of hydrogen-bond acceptors (Lipinski definition) is 1. The molecule has 1 aromatic carbocycles. The van der Waals surface area contributed by atoms with Crippen LogP contribution < -0.4 is 5.32 Å². The van der Waals surface area contributed by atoms with Crippen LogP contribution in [0.3, 0.4) is 0 Å². The third-order valence-corrected chi connectivity index (χ3v) is 4.18. The number of benzene rings is 1. The molecule has 1 aromatic rings. The van der Waals surface area contributed by atoms with Gasteiger partial charge in [-0.05, 0) is 42.4 Å². The smallest absolute Gasteiger partial charge is 0.228 e. The van der Waals surface area contributed by atoms with Gasteiger partial charge in [0, 0.05) is 16.9 Å². The quantitative estimate of drug-likeness (QED) is 0.818. The number of carbonyl (C=O) groups excluding carboxylic acids is 1. The molecule has 2 rings (SSSR count). The van der Waals surface area contributed by atoms with Gasteiger partial charge in [0.15, 0.2) is 0 Å². The predicted molar refractivity (Wildman–Crippen MR) is 79.1 cm³/mol. The molecule has 0 heterocycles. The zero-order chi connectivity index (χ0) is 13.2. The normalized spacial score (nSPS) is 20.5. The second-order valence-corrected chi connectivity index (χ2v) is 6.52. The van der Waals surface area contributed by atoms with E-state index in [4.69, 9.17) is 0 Å². The molecule has 18 heavy (non-hydrogen) atoms. The Morgan fingerprint density at radius 2 is 2.22 bits per heavy atom. The first-order valence-electron chi connectivity index (χ1n) is 6.49. The van der Waals surface area contributed by atoms with E-state index < -0.39 is 0 Å². The highest BCUT2D eigenvalue weighted by atomic mass is 79.9. The highest BCUT2D eigenvalue weighted by molar-refractivity contribution is 9.09. The van der Waals surface area contributed by atoms with Crippen molar-refractivity contribution in [3.8, 4) is 0 Å². The second kappa shape index (κ2) is 5.43. The van der Waals surface area contributed by atoms with Crippen LogP contribution in [-0.4, -0.2) is 11.2 Å². The van der Waals surface area contributed by atoms with Gasteiger partial charge >= 0.3 is 0 Å². The zero-order valence-electron chi connectivity index (χ0n) is 11.0. The number of halogens is 1. The number of alkyl halides is 1. The van der Waals surface area contributed by atoms with Crippen LogP contribution in [0.1, 0.15) is 32.3 Å². The summed E-state index contributed by atoms with van der Waals surface area (Å²) in [5, 5.41) is 4.04. The molecule has 0 spiro atoms. The van der Waals surface area contributed by atoms with E-state index in [1.54, 1.807) is 0 Å². The summed E-state index contributed by atoms with van der Waals surface area (Å²) in [5.41, 5.74) is 2.40. The summed E-state index contributed by atoms with van der Waals surface area (Å²) in [6.07, 6.45) is 3.17. The van der Waals surface area contributed by atoms with Crippen molar-refractivity contribution in [2.24, 2.45) is 11.3 Å². The lowest BCUT2D eigenvalue weighted by Crippen LogP contribution is -2.16. The van der Waals surface area contributed by atoms with E-state index in [2.05, 4.69) is 47.2 Å². The van der Waals surface area contributed by atoms with E-state index in [-0.39, 0.29) is 17.2 Å². The van der Waals surface area contributed by atoms with E-state index in [0.29, 0.717) is 0 Å². The zero-order valence-corrected chi connectivity index (χ0v) is 12.6. The van der Waals surface area contributed by atoms with Gasteiger partial charge in [0.1, 0.15) is 0 Å². The monoisotopic (exact) mass is 309 g/mol. The van der Waals surface area contributed by atoms with Gasteiger partial charge in [-0.25, -0.2) is 0 Å². The number of amides is 1. The highest BCUT2D eigenvalue weighted by Gasteiger charge is 2.50. The van der Waals surface area contributed by atoms with Gasteiger partial charge in [-0.3, -0.25) is 4.79 Å². The topological polar surface area (TPSA) is 29.1 Å². The molecule has 0 radical (unpaired) electrons. The van der Waals surface area contributed by atoms with Crippen LogP contribution in [0, 0.1) is 11.3 Å². The Kier molecular flexibility index (Phi) is 4.10. The lowest BCUT2D eigenvalue weighted by Gasteiger charge is -2.08. The molecule has 1 aliphatic rings. The molecule has 0 aromatic heterocycles. The number of hydrogen-bond donors (Lipinski definition) is 1. The van der Waals surface area contributed by atoms with Crippen LogP contribution >= 0.6 is 15.9 Å². The van der Waals surface area contributed by atoms with Crippen molar-refractivity contribution in [2.75, 3.05) is 10.6 Å². The molecular formula is C15H20BrNO. The van der Waals surface area contributed by atoms with Gasteiger partial charge in [0.2, 0.25) is 5.91 Å². The second-order valence-electron chi connectivity index (χ2n) is 5.73. The van der Waals surface area contributed by atoms with E-state index in [9.17, 15) is 4.79 Å². The third kappa shape index (κ3) is 3.35. The predicted octanol–water partition coefficient (Wildman–Crippen LogP) is 4.00. The van der Waals surface area contributed by atoms with Crippen LogP contribution in [0.15, 0.2) is 24.3 Å². The first-order valence-corrected chi connectivity index (χ1v) is 7.61. The number of carbonyl (C=O) groups is 1. The lowest BCUT2D eigenvalue weighted by atomic mass is 10.1. The third-order valence-electron chi connectivity index (χ3n) is 3.62. The molecule has 1 N–H and O–H groups in total. The van der Waals surface area contributed by atoms with E-state index in [1.807, 2.05) is 12.1 Å². The van der Waals surface area contributed by atoms with Gasteiger partial charge in [0.25, 0.3) is 0 Å². The number of nitrogens with one attached hydrogen (secondary N) is 1. The Bertz CT molecular complexity index is 442. The summed E-state index contributed by atoms with van der Waals surface area (Å²) in [4.78, 5) is 12.0. The Morgan fingerprint density at radius 3 is 2.83 bits per heavy atom.